The minimum absolute atomic E-state index is 0.0783. The molecule has 0 aliphatic carbocycles. The number of ether oxygens (including phenoxy) is 2. The summed E-state index contributed by atoms with van der Waals surface area (Å²) < 4.78 is 10.3. The van der Waals surface area contributed by atoms with Gasteiger partial charge in [-0.05, 0) is 46.5 Å². The van der Waals surface area contributed by atoms with Crippen molar-refractivity contribution in [3.05, 3.63) is 0 Å². The molecule has 0 spiro atoms. The maximum Gasteiger partial charge on any atom is 0.313 e. The van der Waals surface area contributed by atoms with E-state index >= 15 is 0 Å². The summed E-state index contributed by atoms with van der Waals surface area (Å²) >= 11 is 0. The summed E-state index contributed by atoms with van der Waals surface area (Å²) in [5, 5.41) is 8.63. The van der Waals surface area contributed by atoms with E-state index in [9.17, 15) is 19.2 Å². The maximum absolute atomic E-state index is 12.0. The molecule has 0 amide bonds. The fourth-order valence-corrected chi connectivity index (χ4v) is 5.95. The molecule has 0 aliphatic heterocycles. The molecule has 0 heterocycles. The highest BCUT2D eigenvalue weighted by atomic mass is 16.6. The molecule has 0 saturated heterocycles. The quantitative estimate of drug-likeness (QED) is 0.0413. The number of unbranched alkanes of at least 4 members (excludes halogenated alkanes) is 26. The molecule has 7 heteroatoms. The van der Waals surface area contributed by atoms with Crippen molar-refractivity contribution in [2.24, 2.45) is 0 Å². The largest absolute Gasteiger partial charge is 0.481 e. The van der Waals surface area contributed by atoms with Crippen molar-refractivity contribution < 1.29 is 33.8 Å². The van der Waals surface area contributed by atoms with Crippen LogP contribution < -0.4 is 0 Å². The Morgan fingerprint density at radius 2 is 0.574 bits per heavy atom. The molecular weight excluding hydrogens is 592 g/mol. The van der Waals surface area contributed by atoms with Gasteiger partial charge in [-0.25, -0.2) is 0 Å². The zero-order chi connectivity index (χ0) is 34.9. The molecule has 0 bridgehead atoms. The fourth-order valence-electron chi connectivity index (χ4n) is 5.95. The van der Waals surface area contributed by atoms with Gasteiger partial charge in [0.1, 0.15) is 5.60 Å². The average Bonchev–Trinajstić information content (AvgIpc) is 2.99. The van der Waals surface area contributed by atoms with Crippen LogP contribution in [0.5, 0.6) is 0 Å². The Bertz CT molecular complexity index is 771. The van der Waals surface area contributed by atoms with Gasteiger partial charge in [-0.2, -0.15) is 0 Å². The molecule has 0 rings (SSSR count). The van der Waals surface area contributed by atoms with E-state index in [0.29, 0.717) is 25.7 Å². The second kappa shape index (κ2) is 32.6. The number of esters is 3. The number of carbonyl (C=O) groups is 4. The van der Waals surface area contributed by atoms with E-state index in [2.05, 4.69) is 0 Å². The van der Waals surface area contributed by atoms with Gasteiger partial charge in [0.05, 0.1) is 0 Å². The van der Waals surface area contributed by atoms with Gasteiger partial charge in [-0.3, -0.25) is 19.2 Å². The van der Waals surface area contributed by atoms with Gasteiger partial charge < -0.3 is 14.6 Å². The maximum atomic E-state index is 12.0. The van der Waals surface area contributed by atoms with Crippen molar-refractivity contribution in [3.63, 3.8) is 0 Å². The standard InChI is InChI=1S/C40H74O7/c1-40(2,3)47-39(45)35-31-27-23-19-15-11-7-6-10-14-18-22-26-30-34-38(44)46-37(43)33-29-25-21-17-13-9-5-4-8-12-16-20-24-28-32-36(41)42/h4-35H2,1-3H3,(H,41,42). The molecule has 0 fully saturated rings. The molecule has 0 aromatic rings. The van der Waals surface area contributed by atoms with Gasteiger partial charge in [0.15, 0.2) is 0 Å². The third kappa shape index (κ3) is 38.4. The highest BCUT2D eigenvalue weighted by Gasteiger charge is 2.15. The van der Waals surface area contributed by atoms with Crippen LogP contribution in [0.2, 0.25) is 0 Å². The van der Waals surface area contributed by atoms with Gasteiger partial charge >= 0.3 is 23.9 Å². The van der Waals surface area contributed by atoms with E-state index in [-0.39, 0.29) is 23.5 Å². The molecule has 0 aromatic heterocycles. The molecule has 0 radical (unpaired) electrons. The zero-order valence-corrected chi connectivity index (χ0v) is 31.0. The topological polar surface area (TPSA) is 107 Å². The van der Waals surface area contributed by atoms with Gasteiger partial charge in [-0.15, -0.1) is 0 Å². The number of carboxylic acid groups (broad SMARTS) is 1. The minimum atomic E-state index is -0.686. The predicted octanol–water partition coefficient (Wildman–Crippen LogP) is 12.0. The summed E-state index contributed by atoms with van der Waals surface area (Å²) in [4.78, 5) is 46.1. The summed E-state index contributed by atoms with van der Waals surface area (Å²) in [6.07, 6.45) is 34.0. The predicted molar refractivity (Wildman–Crippen MR) is 192 cm³/mol. The summed E-state index contributed by atoms with van der Waals surface area (Å²) in [5.74, 6) is -1.49. The van der Waals surface area contributed by atoms with E-state index in [4.69, 9.17) is 14.6 Å². The van der Waals surface area contributed by atoms with Crippen LogP contribution in [0.3, 0.4) is 0 Å². The second-order valence-electron chi connectivity index (χ2n) is 14.7. The van der Waals surface area contributed by atoms with Crippen LogP contribution in [0.1, 0.15) is 226 Å². The van der Waals surface area contributed by atoms with Crippen molar-refractivity contribution in [1.29, 1.82) is 0 Å². The van der Waals surface area contributed by atoms with Gasteiger partial charge in [0, 0.05) is 25.7 Å². The monoisotopic (exact) mass is 667 g/mol. The Morgan fingerprint density at radius 1 is 0.362 bits per heavy atom. The molecule has 0 aliphatic rings. The fraction of sp³-hybridized carbons (Fsp3) is 0.900. The highest BCUT2D eigenvalue weighted by molar-refractivity contribution is 5.85. The number of carboxylic acids is 1. The van der Waals surface area contributed by atoms with Crippen molar-refractivity contribution in [2.75, 3.05) is 0 Å². The minimum Gasteiger partial charge on any atom is -0.481 e. The van der Waals surface area contributed by atoms with E-state index in [0.717, 1.165) is 70.6 Å². The molecule has 0 aromatic carbocycles. The lowest BCUT2D eigenvalue weighted by atomic mass is 10.0. The van der Waals surface area contributed by atoms with Gasteiger partial charge in [-0.1, -0.05) is 154 Å². The zero-order valence-electron chi connectivity index (χ0n) is 31.0. The Hall–Kier alpha value is -1.92. The van der Waals surface area contributed by atoms with Crippen LogP contribution in [0, 0.1) is 0 Å². The first-order valence-corrected chi connectivity index (χ1v) is 19.8. The lowest BCUT2D eigenvalue weighted by Gasteiger charge is -2.19. The summed E-state index contributed by atoms with van der Waals surface area (Å²) in [6, 6.07) is 0. The van der Waals surface area contributed by atoms with E-state index in [1.54, 1.807) is 0 Å². The van der Waals surface area contributed by atoms with E-state index < -0.39 is 5.97 Å². The molecule has 7 nitrogen and oxygen atoms in total. The van der Waals surface area contributed by atoms with Crippen LogP contribution in [0.15, 0.2) is 0 Å². The third-order valence-electron chi connectivity index (χ3n) is 8.68. The van der Waals surface area contributed by atoms with Crippen molar-refractivity contribution in [3.8, 4) is 0 Å². The van der Waals surface area contributed by atoms with Crippen molar-refractivity contribution in [2.45, 2.75) is 232 Å². The average molecular weight is 667 g/mol. The number of carbonyl (C=O) groups excluding carboxylic acids is 3. The Labute approximate surface area is 289 Å². The van der Waals surface area contributed by atoms with Crippen LogP contribution in [0.4, 0.5) is 0 Å². The van der Waals surface area contributed by atoms with E-state index in [1.165, 1.54) is 109 Å². The van der Waals surface area contributed by atoms with Crippen LogP contribution >= 0.6 is 0 Å². The molecular formula is C40H74O7. The summed E-state index contributed by atoms with van der Waals surface area (Å²) in [6.45, 7) is 5.73. The Kier molecular flexibility index (Phi) is 31.3. The first-order valence-electron chi connectivity index (χ1n) is 19.8. The highest BCUT2D eigenvalue weighted by Crippen LogP contribution is 2.16. The number of hydrogen-bond acceptors (Lipinski definition) is 6. The molecule has 47 heavy (non-hydrogen) atoms. The first-order chi connectivity index (χ1) is 22.6. The summed E-state index contributed by atoms with van der Waals surface area (Å²) in [5.41, 5.74) is -0.381. The lowest BCUT2D eigenvalue weighted by molar-refractivity contribution is -0.160. The molecule has 1 N–H and O–H groups in total. The van der Waals surface area contributed by atoms with Crippen LogP contribution in [0.25, 0.3) is 0 Å². The number of rotatable bonds is 34. The molecule has 0 atom stereocenters. The van der Waals surface area contributed by atoms with Gasteiger partial charge in [0.25, 0.3) is 0 Å². The number of hydrogen-bond donors (Lipinski definition) is 1. The lowest BCUT2D eigenvalue weighted by Crippen LogP contribution is -2.23. The molecule has 276 valence electrons. The van der Waals surface area contributed by atoms with Crippen LogP contribution in [-0.4, -0.2) is 34.6 Å². The smallest absolute Gasteiger partial charge is 0.313 e. The van der Waals surface area contributed by atoms with Crippen molar-refractivity contribution in [1.82, 2.24) is 0 Å². The Morgan fingerprint density at radius 3 is 0.809 bits per heavy atom. The third-order valence-corrected chi connectivity index (χ3v) is 8.68. The SMILES string of the molecule is CC(C)(C)OC(=O)CCCCCCCCCCCCCCCCC(=O)OC(=O)CCCCCCCCCCCCCCCCC(=O)O. The Balaban J connectivity index is 3.32. The second-order valence-corrected chi connectivity index (χ2v) is 14.7. The van der Waals surface area contributed by atoms with Gasteiger partial charge in [0.2, 0.25) is 0 Å². The normalized spacial score (nSPS) is 11.5. The summed E-state index contributed by atoms with van der Waals surface area (Å²) in [7, 11) is 0. The first kappa shape index (κ1) is 45.1. The van der Waals surface area contributed by atoms with Crippen LogP contribution in [-0.2, 0) is 28.7 Å². The molecule has 0 saturated carbocycles. The number of aliphatic carboxylic acids is 1. The van der Waals surface area contributed by atoms with E-state index in [1.807, 2.05) is 20.8 Å². The molecule has 0 unspecified atom stereocenters. The van der Waals surface area contributed by atoms with Crippen molar-refractivity contribution >= 4 is 23.9 Å².